The van der Waals surface area contributed by atoms with Gasteiger partial charge in [0.25, 0.3) is 5.56 Å². The van der Waals surface area contributed by atoms with E-state index in [1.165, 1.54) is 23.4 Å². The topological polar surface area (TPSA) is 194 Å². The van der Waals surface area contributed by atoms with E-state index in [9.17, 15) is 9.69 Å². The van der Waals surface area contributed by atoms with Crippen molar-refractivity contribution < 1.29 is 36.5 Å². The quantitative estimate of drug-likeness (QED) is 0.298. The molecule has 15 nitrogen and oxygen atoms in total. The first-order valence-electron chi connectivity index (χ1n) is 12.6. The molecular formula is C21H24F2N8O7P2S. The number of nitrogens with zero attached hydrogens (tertiary/aromatic N) is 5. The number of nitrogen functional groups attached to an aromatic ring is 1. The minimum absolute atomic E-state index is 0.0169. The number of alkyl halides is 2. The number of anilines is 2. The Kier molecular flexibility index (Phi) is 6.84. The maximum atomic E-state index is 16.1. The van der Waals surface area contributed by atoms with Crippen LogP contribution in [0.4, 0.5) is 20.5 Å². The van der Waals surface area contributed by atoms with Crippen LogP contribution in [0.5, 0.6) is 0 Å². The molecule has 2 saturated heterocycles. The second-order valence-electron chi connectivity index (χ2n) is 10.2. The molecule has 20 heteroatoms. The standard InChI is InChI=1S/C21H24F2N8O7P2S/c22-12-9(28-11-1-2-25-6-26-11)3-8-4-35-40(33,41)38-21-15(23)10(5-34-39-37-14(8)12)36-17(21)16(21)31-7-27-13-18(31)29-20(24)30-19(13)32/h1-2,6-10,12,14-17,39H,3-5H2,(H,33,41)(H,25,26,28)(H3,24,29,30,32)/t8?,9-,10-,12+,14-,15-,16?,17?,21+,40?/m1/s1. The zero-order valence-corrected chi connectivity index (χ0v) is 23.6. The molecule has 1 spiro atoms. The van der Waals surface area contributed by atoms with Crippen molar-refractivity contribution in [2.45, 2.75) is 54.8 Å². The summed E-state index contributed by atoms with van der Waals surface area (Å²) in [5, 5.41) is 3.03. The lowest BCUT2D eigenvalue weighted by Gasteiger charge is -2.27. The summed E-state index contributed by atoms with van der Waals surface area (Å²) in [5.74, 6) is -0.267. The SMILES string of the molecule is Nc1nc2c(ncn2C2C3O[C@@H]4COPO[C@@H]5C(COP(O)(=S)O[C@]32[C@@H]4F)C[C@@H](Nc2ccncn2)[C@@H]5F)c(=O)[nH]1. The first-order valence-corrected chi connectivity index (χ1v) is 16.0. The summed E-state index contributed by atoms with van der Waals surface area (Å²) in [7, 11) is -0.618. The van der Waals surface area contributed by atoms with Gasteiger partial charge in [-0.1, -0.05) is 0 Å². The molecule has 5 unspecified atom stereocenters. The molecule has 5 heterocycles. The summed E-state index contributed by atoms with van der Waals surface area (Å²) in [6.07, 6.45) is -1.89. The molecule has 2 aliphatic carbocycles. The van der Waals surface area contributed by atoms with Crippen molar-refractivity contribution in [3.05, 3.63) is 35.3 Å². The summed E-state index contributed by atoms with van der Waals surface area (Å²) in [4.78, 5) is 41.9. The van der Waals surface area contributed by atoms with Gasteiger partial charge in [0.1, 0.15) is 42.7 Å². The smallest absolute Gasteiger partial charge is 0.325 e. The molecule has 11 atom stereocenters. The van der Waals surface area contributed by atoms with Gasteiger partial charge in [0.15, 0.2) is 32.0 Å². The number of H-pyrrole nitrogens is 1. The number of aromatic nitrogens is 6. The molecule has 4 fully saturated rings. The second kappa shape index (κ2) is 10.2. The summed E-state index contributed by atoms with van der Waals surface area (Å²) in [6.45, 7) is -4.57. The number of imidazole rings is 1. The van der Waals surface area contributed by atoms with Crippen molar-refractivity contribution in [3.8, 4) is 0 Å². The Hall–Kier alpha value is -2.27. The highest BCUT2D eigenvalue weighted by molar-refractivity contribution is 8.07. The van der Waals surface area contributed by atoms with E-state index in [0.717, 1.165) is 0 Å². The Morgan fingerprint density at radius 3 is 3.00 bits per heavy atom. The molecule has 2 bridgehead atoms. The van der Waals surface area contributed by atoms with E-state index >= 15 is 8.78 Å². The number of halogens is 2. The van der Waals surface area contributed by atoms with Gasteiger partial charge >= 0.3 is 6.72 Å². The zero-order chi connectivity index (χ0) is 28.5. The average molecular weight is 632 g/mol. The van der Waals surface area contributed by atoms with Crippen LogP contribution in [-0.2, 0) is 34.6 Å². The molecule has 3 aromatic heterocycles. The summed E-state index contributed by atoms with van der Waals surface area (Å²) >= 11 is 5.30. The Labute approximate surface area is 236 Å². The van der Waals surface area contributed by atoms with Gasteiger partial charge in [-0.05, 0) is 24.3 Å². The van der Waals surface area contributed by atoms with Crippen molar-refractivity contribution in [2.24, 2.45) is 5.92 Å². The van der Waals surface area contributed by atoms with Crippen molar-refractivity contribution in [1.82, 2.24) is 29.5 Å². The fraction of sp³-hybridized carbons (Fsp3) is 0.571. The van der Waals surface area contributed by atoms with E-state index in [0.29, 0.717) is 5.82 Å². The normalized spacial score (nSPS) is 41.2. The number of hydrogen-bond acceptors (Lipinski definition) is 13. The third-order valence-electron chi connectivity index (χ3n) is 7.76. The first kappa shape index (κ1) is 27.6. The van der Waals surface area contributed by atoms with Gasteiger partial charge in [0.2, 0.25) is 5.95 Å². The van der Waals surface area contributed by atoms with E-state index in [1.54, 1.807) is 6.07 Å². The lowest BCUT2D eigenvalue weighted by Crippen LogP contribution is -2.38. The van der Waals surface area contributed by atoms with Crippen molar-refractivity contribution >= 4 is 50.5 Å². The average Bonchev–Trinajstić information content (AvgIpc) is 3.17. The molecule has 4 aliphatic rings. The predicted molar refractivity (Wildman–Crippen MR) is 143 cm³/mol. The van der Waals surface area contributed by atoms with Crippen molar-refractivity contribution in [2.75, 3.05) is 24.3 Å². The summed E-state index contributed by atoms with van der Waals surface area (Å²) < 4.78 is 61.8. The molecule has 2 aliphatic heterocycles. The zero-order valence-electron chi connectivity index (χ0n) is 20.9. The van der Waals surface area contributed by atoms with E-state index in [4.69, 9.17) is 40.4 Å². The van der Waals surface area contributed by atoms with Crippen LogP contribution >= 0.6 is 15.8 Å². The van der Waals surface area contributed by atoms with Crippen LogP contribution in [0.25, 0.3) is 11.2 Å². The van der Waals surface area contributed by atoms with Gasteiger partial charge in [-0.3, -0.25) is 14.3 Å². The lowest BCUT2D eigenvalue weighted by atomic mass is 10.1. The molecule has 2 saturated carbocycles. The highest BCUT2D eigenvalue weighted by Gasteiger charge is 2.81. The largest absolute Gasteiger partial charge is 0.369 e. The minimum atomic E-state index is -4.12. The monoisotopic (exact) mass is 632 g/mol. The Morgan fingerprint density at radius 2 is 2.20 bits per heavy atom. The third-order valence-corrected chi connectivity index (χ3v) is 9.98. The van der Waals surface area contributed by atoms with Crippen LogP contribution in [0, 0.1) is 5.92 Å². The van der Waals surface area contributed by atoms with Crippen molar-refractivity contribution in [1.29, 1.82) is 0 Å². The van der Waals surface area contributed by atoms with Gasteiger partial charge in [0.05, 0.1) is 25.6 Å². The number of nitrogens with two attached hydrogens (primary N) is 1. The molecular weight excluding hydrogens is 608 g/mol. The molecule has 5 N–H and O–H groups in total. The maximum Gasteiger partial charge on any atom is 0.325 e. The number of nitrogens with one attached hydrogen (secondary N) is 2. The minimum Gasteiger partial charge on any atom is -0.369 e. The van der Waals surface area contributed by atoms with Crippen LogP contribution in [0.1, 0.15) is 12.5 Å². The Bertz CT molecular complexity index is 1570. The molecule has 7 rings (SSSR count). The number of rotatable bonds is 3. The van der Waals surface area contributed by atoms with Gasteiger partial charge in [-0.15, -0.1) is 0 Å². The Morgan fingerprint density at radius 1 is 1.34 bits per heavy atom. The molecule has 3 aromatic rings. The third kappa shape index (κ3) is 4.65. The van der Waals surface area contributed by atoms with Crippen LogP contribution in [0.15, 0.2) is 29.7 Å². The first-order chi connectivity index (χ1) is 19.7. The second-order valence-corrected chi connectivity index (χ2v) is 13.6. The van der Waals surface area contributed by atoms with Crippen LogP contribution in [-0.4, -0.2) is 89.9 Å². The molecule has 220 valence electrons. The van der Waals surface area contributed by atoms with Crippen LogP contribution in [0.2, 0.25) is 0 Å². The number of hydrogen-bond donors (Lipinski definition) is 4. The maximum absolute atomic E-state index is 16.1. The highest BCUT2D eigenvalue weighted by Crippen LogP contribution is 2.68. The lowest BCUT2D eigenvalue weighted by molar-refractivity contribution is -0.0165. The van der Waals surface area contributed by atoms with E-state index < -0.39 is 75.6 Å². The van der Waals surface area contributed by atoms with Gasteiger partial charge in [-0.2, -0.15) is 4.98 Å². The predicted octanol–water partition coefficient (Wildman–Crippen LogP) is 0.903. The number of fused-ring (bicyclic) bond motifs is 3. The summed E-state index contributed by atoms with van der Waals surface area (Å²) in [6, 6.07) is 0.0333. The van der Waals surface area contributed by atoms with Gasteiger partial charge in [0, 0.05) is 12.1 Å². The highest BCUT2D eigenvalue weighted by atomic mass is 32.5. The van der Waals surface area contributed by atoms with E-state index in [-0.39, 0.29) is 36.7 Å². The molecule has 0 radical (unpaired) electrons. The van der Waals surface area contributed by atoms with Crippen molar-refractivity contribution in [3.63, 3.8) is 0 Å². The number of aromatic amines is 1. The molecule has 41 heavy (non-hydrogen) atoms. The fourth-order valence-electron chi connectivity index (χ4n) is 5.90. The van der Waals surface area contributed by atoms with E-state index in [1.807, 2.05) is 0 Å². The molecule has 0 amide bonds. The number of ether oxygens (including phenoxy) is 1. The molecule has 0 aromatic carbocycles. The van der Waals surface area contributed by atoms with Gasteiger partial charge in [-0.25, -0.2) is 23.7 Å². The van der Waals surface area contributed by atoms with E-state index in [2.05, 4.69) is 30.2 Å². The Balaban J connectivity index is 1.15. The van der Waals surface area contributed by atoms with Gasteiger partial charge < -0.3 is 38.8 Å². The fourth-order valence-corrected chi connectivity index (χ4v) is 8.35. The van der Waals surface area contributed by atoms with Crippen LogP contribution in [0.3, 0.4) is 0 Å². The summed E-state index contributed by atoms with van der Waals surface area (Å²) in [5.41, 5.74) is 3.43. The van der Waals surface area contributed by atoms with Crippen LogP contribution < -0.4 is 16.6 Å².